The average molecular weight is 467 g/mol. The number of aryl methyl sites for hydroxylation is 1. The van der Waals surface area contributed by atoms with E-state index in [1.807, 2.05) is 48.5 Å². The maximum Gasteiger partial charge on any atom is 0.251 e. The molecule has 2 aromatic heterocycles. The first kappa shape index (κ1) is 23.4. The molecule has 0 saturated heterocycles. The van der Waals surface area contributed by atoms with Crippen molar-refractivity contribution in [3.05, 3.63) is 96.4 Å². The van der Waals surface area contributed by atoms with Gasteiger partial charge in [0.15, 0.2) is 0 Å². The number of nitrogens with two attached hydrogens (primary N) is 1. The lowest BCUT2D eigenvalue weighted by atomic mass is 10.1. The molecule has 0 aliphatic rings. The molecule has 176 valence electrons. The van der Waals surface area contributed by atoms with Gasteiger partial charge in [0, 0.05) is 36.5 Å². The van der Waals surface area contributed by atoms with E-state index < -0.39 is 0 Å². The Balaban J connectivity index is 1.34. The summed E-state index contributed by atoms with van der Waals surface area (Å²) in [6, 6.07) is 20.5. The quantitative estimate of drug-likeness (QED) is 0.286. The number of nitrogens with one attached hydrogen (secondary N) is 3. The normalized spacial score (nSPS) is 10.4. The van der Waals surface area contributed by atoms with E-state index in [0.29, 0.717) is 41.3 Å². The smallest absolute Gasteiger partial charge is 0.251 e. The highest BCUT2D eigenvalue weighted by atomic mass is 16.2. The van der Waals surface area contributed by atoms with Crippen LogP contribution in [0.5, 0.6) is 0 Å². The van der Waals surface area contributed by atoms with Gasteiger partial charge in [0.2, 0.25) is 5.91 Å². The van der Waals surface area contributed by atoms with Gasteiger partial charge in [0.1, 0.15) is 5.82 Å². The first-order chi connectivity index (χ1) is 17.0. The topological polar surface area (TPSA) is 122 Å². The SMILES string of the molecule is CNC(=O)c1ccc(-c2ccc(Nc3cncc(NC(=O)CCc4ccc(N)cc4)c3)nc2)cc1. The molecule has 8 nitrogen and oxygen atoms in total. The first-order valence-electron chi connectivity index (χ1n) is 11.1. The van der Waals surface area contributed by atoms with Crippen molar-refractivity contribution in [3.8, 4) is 11.1 Å². The van der Waals surface area contributed by atoms with E-state index in [2.05, 4.69) is 25.9 Å². The second-order valence-corrected chi connectivity index (χ2v) is 7.97. The van der Waals surface area contributed by atoms with Crippen LogP contribution in [0.25, 0.3) is 11.1 Å². The number of nitrogens with zero attached hydrogens (tertiary/aromatic N) is 2. The molecule has 2 amide bonds. The number of aromatic nitrogens is 2. The number of pyridine rings is 2. The summed E-state index contributed by atoms with van der Waals surface area (Å²) in [6.45, 7) is 0. The molecule has 5 N–H and O–H groups in total. The zero-order valence-corrected chi connectivity index (χ0v) is 19.3. The van der Waals surface area contributed by atoms with Gasteiger partial charge in [0.05, 0.1) is 23.8 Å². The summed E-state index contributed by atoms with van der Waals surface area (Å²) in [5, 5.41) is 8.69. The van der Waals surface area contributed by atoms with E-state index in [4.69, 9.17) is 5.73 Å². The minimum absolute atomic E-state index is 0.0920. The number of carbonyl (C=O) groups is 2. The van der Waals surface area contributed by atoms with Gasteiger partial charge < -0.3 is 21.7 Å². The molecule has 2 aromatic carbocycles. The molecule has 0 radical (unpaired) electrons. The number of anilines is 4. The largest absolute Gasteiger partial charge is 0.399 e. The maximum atomic E-state index is 12.4. The number of benzene rings is 2. The molecule has 8 heteroatoms. The predicted molar refractivity (Wildman–Crippen MR) is 138 cm³/mol. The van der Waals surface area contributed by atoms with E-state index in [1.54, 1.807) is 43.8 Å². The van der Waals surface area contributed by atoms with E-state index in [9.17, 15) is 9.59 Å². The zero-order valence-electron chi connectivity index (χ0n) is 19.3. The molecule has 0 aliphatic carbocycles. The van der Waals surface area contributed by atoms with Gasteiger partial charge in [0.25, 0.3) is 5.91 Å². The van der Waals surface area contributed by atoms with Crippen molar-refractivity contribution < 1.29 is 9.59 Å². The van der Waals surface area contributed by atoms with Crippen LogP contribution in [-0.4, -0.2) is 28.8 Å². The summed E-state index contributed by atoms with van der Waals surface area (Å²) in [5.74, 6) is 0.429. The van der Waals surface area contributed by atoms with Gasteiger partial charge in [-0.1, -0.05) is 24.3 Å². The highest BCUT2D eigenvalue weighted by molar-refractivity contribution is 5.94. The summed E-state index contributed by atoms with van der Waals surface area (Å²) in [4.78, 5) is 32.7. The Kier molecular flexibility index (Phi) is 7.32. The second kappa shape index (κ2) is 10.9. The number of nitrogen functional groups attached to an aromatic ring is 1. The highest BCUT2D eigenvalue weighted by Crippen LogP contribution is 2.23. The van der Waals surface area contributed by atoms with Crippen LogP contribution in [0.4, 0.5) is 22.9 Å². The zero-order chi connectivity index (χ0) is 24.6. The van der Waals surface area contributed by atoms with Crippen LogP contribution in [0.3, 0.4) is 0 Å². The van der Waals surface area contributed by atoms with Gasteiger partial charge >= 0.3 is 0 Å². The van der Waals surface area contributed by atoms with Crippen molar-refractivity contribution in [2.75, 3.05) is 23.4 Å². The summed E-state index contributed by atoms with van der Waals surface area (Å²) < 4.78 is 0. The van der Waals surface area contributed by atoms with Crippen molar-refractivity contribution in [1.82, 2.24) is 15.3 Å². The third-order valence-electron chi connectivity index (χ3n) is 5.39. The predicted octanol–water partition coefficient (Wildman–Crippen LogP) is 4.40. The summed E-state index contributed by atoms with van der Waals surface area (Å²) >= 11 is 0. The molecule has 0 fully saturated rings. The van der Waals surface area contributed by atoms with Crippen molar-refractivity contribution in [3.63, 3.8) is 0 Å². The standard InChI is InChI=1S/C27H26N6O2/c1-29-27(35)20-7-5-19(6-8-20)21-9-12-25(31-15-21)32-23-14-24(17-30-16-23)33-26(34)13-4-18-2-10-22(28)11-3-18/h2-3,5-12,14-17H,4,13,28H2,1H3,(H,29,35)(H,31,32)(H,33,34). The monoisotopic (exact) mass is 466 g/mol. The average Bonchev–Trinajstić information content (AvgIpc) is 2.89. The molecule has 0 unspecified atom stereocenters. The van der Waals surface area contributed by atoms with E-state index >= 15 is 0 Å². The second-order valence-electron chi connectivity index (χ2n) is 7.97. The lowest BCUT2D eigenvalue weighted by Gasteiger charge is -2.10. The fourth-order valence-corrected chi connectivity index (χ4v) is 3.49. The number of carbonyl (C=O) groups excluding carboxylic acids is 2. The number of amides is 2. The Morgan fingerprint density at radius 3 is 2.26 bits per heavy atom. The molecule has 0 bridgehead atoms. The van der Waals surface area contributed by atoms with Crippen molar-refractivity contribution >= 4 is 34.7 Å². The summed E-state index contributed by atoms with van der Waals surface area (Å²) in [6.07, 6.45) is 6.01. The molecular weight excluding hydrogens is 440 g/mol. The van der Waals surface area contributed by atoms with Gasteiger partial charge in [-0.25, -0.2) is 4.98 Å². The minimum Gasteiger partial charge on any atom is -0.399 e. The van der Waals surface area contributed by atoms with Crippen LogP contribution in [-0.2, 0) is 11.2 Å². The molecule has 0 saturated carbocycles. The van der Waals surface area contributed by atoms with E-state index in [0.717, 1.165) is 16.7 Å². The van der Waals surface area contributed by atoms with Gasteiger partial charge in [-0.15, -0.1) is 0 Å². The highest BCUT2D eigenvalue weighted by Gasteiger charge is 2.07. The van der Waals surface area contributed by atoms with E-state index in [-0.39, 0.29) is 11.8 Å². The van der Waals surface area contributed by atoms with Crippen LogP contribution < -0.4 is 21.7 Å². The minimum atomic E-state index is -0.122. The van der Waals surface area contributed by atoms with Crippen LogP contribution in [0.1, 0.15) is 22.3 Å². The molecule has 0 spiro atoms. The van der Waals surface area contributed by atoms with Crippen LogP contribution in [0, 0.1) is 0 Å². The lowest BCUT2D eigenvalue weighted by Crippen LogP contribution is -2.17. The molecule has 35 heavy (non-hydrogen) atoms. The first-order valence-corrected chi connectivity index (χ1v) is 11.1. The van der Waals surface area contributed by atoms with Crippen molar-refractivity contribution in [2.24, 2.45) is 0 Å². The van der Waals surface area contributed by atoms with Crippen molar-refractivity contribution in [2.45, 2.75) is 12.8 Å². The van der Waals surface area contributed by atoms with Gasteiger partial charge in [-0.3, -0.25) is 14.6 Å². The summed E-state index contributed by atoms with van der Waals surface area (Å²) in [7, 11) is 1.61. The number of hydrogen-bond donors (Lipinski definition) is 4. The Morgan fingerprint density at radius 2 is 1.57 bits per heavy atom. The third kappa shape index (κ3) is 6.42. The van der Waals surface area contributed by atoms with E-state index in [1.165, 1.54) is 0 Å². The Morgan fingerprint density at radius 1 is 0.857 bits per heavy atom. The third-order valence-corrected chi connectivity index (χ3v) is 5.39. The molecular formula is C27H26N6O2. The Labute approximate surface area is 203 Å². The molecule has 4 aromatic rings. The van der Waals surface area contributed by atoms with Crippen LogP contribution in [0.2, 0.25) is 0 Å². The number of hydrogen-bond acceptors (Lipinski definition) is 6. The summed E-state index contributed by atoms with van der Waals surface area (Å²) in [5.41, 5.74) is 11.3. The Hall–Kier alpha value is -4.72. The molecule has 2 heterocycles. The molecule has 4 rings (SSSR count). The Bertz CT molecular complexity index is 1300. The van der Waals surface area contributed by atoms with Crippen LogP contribution in [0.15, 0.2) is 85.3 Å². The maximum absolute atomic E-state index is 12.4. The lowest BCUT2D eigenvalue weighted by molar-refractivity contribution is -0.116. The fourth-order valence-electron chi connectivity index (χ4n) is 3.49. The van der Waals surface area contributed by atoms with Crippen LogP contribution >= 0.6 is 0 Å². The molecule has 0 aliphatic heterocycles. The number of rotatable bonds is 8. The molecule has 0 atom stereocenters. The van der Waals surface area contributed by atoms with Gasteiger partial charge in [-0.05, 0) is 60.0 Å². The fraction of sp³-hybridized carbons (Fsp3) is 0.111. The van der Waals surface area contributed by atoms with Crippen molar-refractivity contribution in [1.29, 1.82) is 0 Å². The van der Waals surface area contributed by atoms with Gasteiger partial charge in [-0.2, -0.15) is 0 Å².